The van der Waals surface area contributed by atoms with Gasteiger partial charge in [0.25, 0.3) is 0 Å². The molecule has 1 aromatic carbocycles. The highest BCUT2D eigenvalue weighted by Gasteiger charge is 2.45. The predicted molar refractivity (Wildman–Crippen MR) is 487 cm³/mol. The number of aromatic hydroxyl groups is 1. The van der Waals surface area contributed by atoms with Crippen LogP contribution in [0.4, 0.5) is 0 Å². The van der Waals surface area contributed by atoms with Gasteiger partial charge in [0.15, 0.2) is 5.96 Å². The van der Waals surface area contributed by atoms with Crippen LogP contribution >= 0.6 is 0 Å². The molecule has 0 saturated carbocycles. The number of carbonyl (C=O) groups is 23. The second-order valence-electron chi connectivity index (χ2n) is 35.1. The maximum atomic E-state index is 14.4. The topological polar surface area (TPSA) is 826 Å². The highest BCUT2D eigenvalue weighted by molar-refractivity contribution is 6.02. The fourth-order valence-electron chi connectivity index (χ4n) is 15.5. The molecule has 3 aliphatic rings. The van der Waals surface area contributed by atoms with Crippen molar-refractivity contribution >= 4 is 142 Å². The van der Waals surface area contributed by atoms with Crippen molar-refractivity contribution in [2.24, 2.45) is 29.0 Å². The molecular formula is C87H136N22O30. The average molecular weight is 1970 g/mol. The quantitative estimate of drug-likeness (QED) is 0.0164. The van der Waals surface area contributed by atoms with E-state index in [1.807, 2.05) is 13.8 Å². The Bertz CT molecular complexity index is 4520. The highest BCUT2D eigenvalue weighted by atomic mass is 16.4. The molecule has 4 rings (SSSR count). The van der Waals surface area contributed by atoms with E-state index in [0.29, 0.717) is 32.2 Å². The van der Waals surface area contributed by atoms with Crippen LogP contribution in [0.15, 0.2) is 24.3 Å². The molecule has 139 heavy (non-hydrogen) atoms. The fraction of sp³-hybridized carbons (Fsp3) is 0.655. The molecule has 17 atom stereocenters. The smallest absolute Gasteiger partial charge is 0.305 e. The number of rotatable bonds is 62. The number of carboxylic acids is 5. The van der Waals surface area contributed by atoms with Crippen molar-refractivity contribution in [3.63, 3.8) is 0 Å². The lowest BCUT2D eigenvalue weighted by molar-refractivity contribution is -0.144. The summed E-state index contributed by atoms with van der Waals surface area (Å²) in [5, 5.41) is 112. The number of phenols is 1. The molecule has 3 heterocycles. The lowest BCUT2D eigenvalue weighted by Gasteiger charge is -2.30. The molecule has 0 radical (unpaired) electrons. The van der Waals surface area contributed by atoms with E-state index in [4.69, 9.17) is 22.6 Å². The minimum absolute atomic E-state index is 0.00298. The van der Waals surface area contributed by atoms with Gasteiger partial charge in [-0.3, -0.25) is 116 Å². The number of likely N-dealkylation sites (tertiary alicyclic amines) is 3. The van der Waals surface area contributed by atoms with E-state index in [1.165, 1.54) is 24.0 Å². The van der Waals surface area contributed by atoms with Crippen molar-refractivity contribution in [1.82, 2.24) is 94.5 Å². The lowest BCUT2D eigenvalue weighted by Crippen LogP contribution is -2.61. The monoisotopic (exact) mass is 1970 g/mol. The number of unbranched alkanes of at least 4 members (excludes halogenated alkanes) is 1. The molecule has 52 nitrogen and oxygen atoms in total. The Kier molecular flexibility index (Phi) is 50.0. The summed E-state index contributed by atoms with van der Waals surface area (Å²) in [7, 11) is 0. The minimum Gasteiger partial charge on any atom is -0.508 e. The molecule has 0 aromatic heterocycles. The number of nitrogens with one attached hydrogen (secondary N) is 16. The van der Waals surface area contributed by atoms with Gasteiger partial charge < -0.3 is 147 Å². The van der Waals surface area contributed by atoms with Crippen molar-refractivity contribution in [3.05, 3.63) is 29.8 Å². The van der Waals surface area contributed by atoms with E-state index in [9.17, 15) is 146 Å². The van der Waals surface area contributed by atoms with Gasteiger partial charge in [0.05, 0.1) is 26.0 Å². The van der Waals surface area contributed by atoms with E-state index in [-0.39, 0.29) is 120 Å². The summed E-state index contributed by atoms with van der Waals surface area (Å²) >= 11 is 0. The third kappa shape index (κ3) is 41.5. The average Bonchev–Trinajstić information content (AvgIpc) is 1.71. The SMILES string of the molecule is CCC(C)CC(=O)NC(CCCCN)C(=O)N1CCCC1C(=O)NC(CCC(=O)O)C(=O)NC(C)C(=O)N1CCCC1C(=O)NCC(=O)NC(CCC(=O)O)C(=O)NC(CC(=O)O)C(=O)NC(C)C(=O)NC(CO)C(=O)N1CCCC1C(=O)NC(CCC(=O)O)C(=O)NC(CCC(=O)O)C(=O)NC(CC(C)C)C(=O)NC(CC(N)=O)C(=O)NC(CCCNC(=N)N)C(=O)NC(C)Cc1ccc(O)cc1. The molecule has 52 heteroatoms. The van der Waals surface area contributed by atoms with Gasteiger partial charge in [0.2, 0.25) is 106 Å². The normalized spacial score (nSPS) is 17.4. The van der Waals surface area contributed by atoms with Crippen molar-refractivity contribution in [2.75, 3.05) is 45.9 Å². The Balaban J connectivity index is 1.43. The van der Waals surface area contributed by atoms with Crippen LogP contribution in [-0.2, 0) is 117 Å². The summed E-state index contributed by atoms with van der Waals surface area (Å²) in [6.45, 7) is 8.96. The number of phenolic OH excluding ortho intramolecular Hbond substituents is 1. The Morgan fingerprint density at radius 2 is 0.791 bits per heavy atom. The van der Waals surface area contributed by atoms with E-state index in [0.717, 1.165) is 22.3 Å². The number of guanidine groups is 1. The molecule has 18 amide bonds. The molecule has 3 saturated heterocycles. The molecule has 1 aromatic rings. The molecule has 17 unspecified atom stereocenters. The molecule has 0 spiro atoms. The van der Waals surface area contributed by atoms with Gasteiger partial charge in [0.1, 0.15) is 96.4 Å². The third-order valence-electron chi connectivity index (χ3n) is 23.0. The molecule has 0 bridgehead atoms. The van der Waals surface area contributed by atoms with Crippen LogP contribution in [0.25, 0.3) is 0 Å². The van der Waals surface area contributed by atoms with E-state index >= 15 is 0 Å². The highest BCUT2D eigenvalue weighted by Crippen LogP contribution is 2.25. The zero-order valence-corrected chi connectivity index (χ0v) is 78.9. The summed E-state index contributed by atoms with van der Waals surface area (Å²) in [5.74, 6) is -27.0. The second kappa shape index (κ2) is 59.2. The molecular weight excluding hydrogens is 1830 g/mol. The van der Waals surface area contributed by atoms with Crippen molar-refractivity contribution in [3.8, 4) is 5.75 Å². The lowest BCUT2D eigenvalue weighted by atomic mass is 10.0. The number of aliphatic hydroxyl groups is 1. The summed E-state index contributed by atoms with van der Waals surface area (Å²) in [6.07, 6.45) is -5.12. The van der Waals surface area contributed by atoms with Gasteiger partial charge in [-0.2, -0.15) is 0 Å². The number of aliphatic hydroxyl groups excluding tert-OH is 1. The van der Waals surface area contributed by atoms with Crippen molar-refractivity contribution in [1.29, 1.82) is 5.41 Å². The van der Waals surface area contributed by atoms with Gasteiger partial charge >= 0.3 is 29.8 Å². The molecule has 29 N–H and O–H groups in total. The van der Waals surface area contributed by atoms with Crippen LogP contribution in [0.2, 0.25) is 0 Å². The van der Waals surface area contributed by atoms with E-state index in [1.54, 1.807) is 32.9 Å². The zero-order valence-electron chi connectivity index (χ0n) is 78.9. The molecule has 0 aliphatic carbocycles. The summed E-state index contributed by atoms with van der Waals surface area (Å²) in [6, 6.07) is -18.8. The number of nitrogens with two attached hydrogens (primary N) is 3. The number of hydrogen-bond acceptors (Lipinski definition) is 27. The maximum absolute atomic E-state index is 14.4. The first-order valence-corrected chi connectivity index (χ1v) is 46.1. The molecule has 3 fully saturated rings. The van der Waals surface area contributed by atoms with Gasteiger partial charge in [-0.1, -0.05) is 46.2 Å². The van der Waals surface area contributed by atoms with E-state index in [2.05, 4.69) is 79.8 Å². The second-order valence-corrected chi connectivity index (χ2v) is 35.1. The standard InChI is InChI=1S/C87H136N22O30/c1-8-45(4)38-65(113)98-56(15-9-10-32-88)85(138)108-35-13-18-62(108)82(135)101-53(25-29-68(117)118)74(127)96-48(7)84(137)107-34-12-17-61(107)81(134)93-42-66(114)97-52(24-28-67(115)116)75(128)105-59(41-71(123)124)78(131)95-47(6)72(125)106-60(43-110)86(139)109-36-14-19-63(109)83(136)102-55(27-31-70(121)122)76(129)100-54(26-30-69(119)120)77(130)103-57(37-44(2)3)79(132)104-58(40-64(89)112)80(133)99-51(16-11-33-92-87(90)91)73(126)94-46(5)39-49-20-22-50(111)23-21-49/h20-23,44-48,51-63,110-111H,8-19,24-43,88H2,1-7H3,(H2,89,112)(H,93,134)(H,94,126)(H,95,131)(H,96,127)(H,97,114)(H,98,113)(H,99,133)(H,100,129)(H,101,135)(H,102,136)(H,103,130)(H,104,132)(H,105,128)(H,106,125)(H,115,116)(H,117,118)(H,119,120)(H,121,122)(H,123,124)(H4,90,91,92). The first-order chi connectivity index (χ1) is 65.5. The largest absolute Gasteiger partial charge is 0.508 e. The third-order valence-corrected chi connectivity index (χ3v) is 23.0. The zero-order chi connectivity index (χ0) is 104. The van der Waals surface area contributed by atoms with Crippen LogP contribution in [0.1, 0.15) is 208 Å². The number of benzene rings is 1. The summed E-state index contributed by atoms with van der Waals surface area (Å²) < 4.78 is 0. The van der Waals surface area contributed by atoms with Crippen molar-refractivity contribution in [2.45, 2.75) is 306 Å². The van der Waals surface area contributed by atoms with Crippen LogP contribution in [0.3, 0.4) is 0 Å². The maximum Gasteiger partial charge on any atom is 0.305 e. The molecule has 774 valence electrons. The van der Waals surface area contributed by atoms with Crippen LogP contribution < -0.4 is 97.0 Å². The van der Waals surface area contributed by atoms with Gasteiger partial charge in [-0.05, 0) is 166 Å². The summed E-state index contributed by atoms with van der Waals surface area (Å²) in [4.78, 5) is 313. The minimum atomic E-state index is -2.13. The number of hydrogen-bond donors (Lipinski definition) is 26. The van der Waals surface area contributed by atoms with Crippen LogP contribution in [-0.4, -0.2) is 335 Å². The number of primary amides is 1. The summed E-state index contributed by atoms with van der Waals surface area (Å²) in [5.41, 5.74) is 17.4. The number of carboxylic acid groups (broad SMARTS) is 5. The van der Waals surface area contributed by atoms with Crippen LogP contribution in [0.5, 0.6) is 5.75 Å². The number of amides is 18. The first kappa shape index (κ1) is 117. The number of carbonyl (C=O) groups excluding carboxylic acids is 18. The van der Waals surface area contributed by atoms with Gasteiger partial charge in [-0.25, -0.2) is 0 Å². The van der Waals surface area contributed by atoms with Crippen molar-refractivity contribution < 1.29 is 146 Å². The Morgan fingerprint density at radius 3 is 1.25 bits per heavy atom. The van der Waals surface area contributed by atoms with Gasteiger partial charge in [0, 0.05) is 64.3 Å². The Morgan fingerprint density at radius 1 is 0.403 bits per heavy atom. The Hall–Kier alpha value is -14.0. The predicted octanol–water partition coefficient (Wildman–Crippen LogP) is -6.94. The Labute approximate surface area is 800 Å². The number of nitrogens with zero attached hydrogens (tertiary/aromatic N) is 3. The van der Waals surface area contributed by atoms with Crippen LogP contribution in [0, 0.1) is 17.2 Å². The number of aliphatic carboxylic acids is 5. The molecule has 3 aliphatic heterocycles. The fourth-order valence-corrected chi connectivity index (χ4v) is 15.5. The van der Waals surface area contributed by atoms with E-state index < -0.39 is 310 Å². The van der Waals surface area contributed by atoms with Gasteiger partial charge in [-0.15, -0.1) is 0 Å². The first-order valence-electron chi connectivity index (χ1n) is 46.1.